The number of aromatic nitrogens is 16. The fraction of sp³-hybridized carbons (Fsp3) is 0.512. The standard InChI is InChI=1S/C41H51N20O22P3/c1-13-57-21-33(45)49-9-53-37(21)61(13)38-26(67)22(63)15(78-38)3-74-84(68,69)82-28-24(65)17(80-40(28)59-11-55-19-31(43)47-7-51-35(19)59)5-76-86(72,73)83-29-25(66)16(79-41(29)60-12-56-20-32(44)48-8-52-36(20)60)4-75-85(70,71)81-27-23(64)14(2-62)77-39(27)58-10-54-18-30(42)46-6-50-34(18)58/h6-12,14-17,22-29,38-41,62-67H,2-5H2,1H3,(H,68,69)(H,70,71)(H,72,73)(H2,42,46,50)(H2,43,47,51)(H2,44,48,52)(H2,45,49,53)/t14-,15-,16-,17-,22-,23-,24-,25-,26-,27+,28-,29-,38-,39-,40-,41-/m1/s1. The fourth-order valence-electron chi connectivity index (χ4n) is 10.2. The van der Waals surface area contributed by atoms with Crippen LogP contribution in [0.4, 0.5) is 23.3 Å². The number of aliphatic hydroxyl groups excluding tert-OH is 6. The van der Waals surface area contributed by atoms with Crippen molar-refractivity contribution >= 4 is 91.4 Å². The Balaban J connectivity index is 0.751. The molecule has 4 aliphatic rings. The lowest BCUT2D eigenvalue weighted by Crippen LogP contribution is -2.37. The molecule has 4 fully saturated rings. The van der Waals surface area contributed by atoms with E-state index in [0.29, 0.717) is 0 Å². The summed E-state index contributed by atoms with van der Waals surface area (Å²) < 4.78 is 103. The van der Waals surface area contributed by atoms with Gasteiger partial charge in [0.05, 0.1) is 45.4 Å². The zero-order valence-electron chi connectivity index (χ0n) is 43.7. The maximum atomic E-state index is 14.1. The number of nitrogen functional groups attached to an aromatic ring is 4. The van der Waals surface area contributed by atoms with Crippen LogP contribution in [-0.2, 0) is 59.8 Å². The molecule has 0 aliphatic carbocycles. The highest BCUT2D eigenvalue weighted by molar-refractivity contribution is 7.48. The van der Waals surface area contributed by atoms with Crippen molar-refractivity contribution in [2.75, 3.05) is 49.4 Å². The Morgan fingerprint density at radius 2 is 0.779 bits per heavy atom. The van der Waals surface area contributed by atoms with Gasteiger partial charge in [-0.05, 0) is 6.92 Å². The maximum absolute atomic E-state index is 14.1. The number of fused-ring (bicyclic) bond motifs is 4. The van der Waals surface area contributed by atoms with Crippen LogP contribution in [-0.4, -0.2) is 223 Å². The van der Waals surface area contributed by atoms with Gasteiger partial charge < -0.3 is 87.2 Å². The summed E-state index contributed by atoms with van der Waals surface area (Å²) >= 11 is 0. The number of nitrogens with zero attached hydrogens (tertiary/aromatic N) is 16. The molecule has 0 aromatic carbocycles. The van der Waals surface area contributed by atoms with Crippen LogP contribution in [0.15, 0.2) is 44.3 Å². The van der Waals surface area contributed by atoms with E-state index in [1.54, 1.807) is 6.92 Å². The average molecular weight is 1270 g/mol. The number of phosphoric acid groups is 3. The number of aryl methyl sites for hydroxylation is 1. The third-order valence-electron chi connectivity index (χ3n) is 14.3. The smallest absolute Gasteiger partial charge is 0.394 e. The Morgan fingerprint density at radius 3 is 1.16 bits per heavy atom. The second-order valence-electron chi connectivity index (χ2n) is 19.6. The molecule has 0 radical (unpaired) electrons. The van der Waals surface area contributed by atoms with Gasteiger partial charge in [0, 0.05) is 0 Å². The van der Waals surface area contributed by atoms with E-state index in [4.69, 9.17) is 69.0 Å². The molecule has 0 spiro atoms. The minimum absolute atomic E-state index is 0.00131. The number of rotatable bonds is 20. The summed E-state index contributed by atoms with van der Waals surface area (Å²) in [6.45, 7) is -2.29. The summed E-state index contributed by atoms with van der Waals surface area (Å²) in [4.78, 5) is 82.5. The third kappa shape index (κ3) is 10.9. The van der Waals surface area contributed by atoms with Crippen molar-refractivity contribution in [1.82, 2.24) is 78.1 Å². The van der Waals surface area contributed by atoms with Gasteiger partial charge in [0.2, 0.25) is 0 Å². The summed E-state index contributed by atoms with van der Waals surface area (Å²) in [5.74, 6) is 0.00771. The molecule has 17 N–H and O–H groups in total. The van der Waals surface area contributed by atoms with Gasteiger partial charge in [-0.2, -0.15) is 0 Å². The number of nitrogens with two attached hydrogens (primary N) is 4. The molecule has 0 saturated carbocycles. The van der Waals surface area contributed by atoms with Crippen molar-refractivity contribution < 1.29 is 105 Å². The van der Waals surface area contributed by atoms with Gasteiger partial charge in [0.25, 0.3) is 0 Å². The Bertz CT molecular complexity index is 4000. The van der Waals surface area contributed by atoms with Gasteiger partial charge in [-0.25, -0.2) is 73.5 Å². The van der Waals surface area contributed by atoms with Crippen LogP contribution < -0.4 is 22.9 Å². The van der Waals surface area contributed by atoms with E-state index >= 15 is 0 Å². The lowest BCUT2D eigenvalue weighted by atomic mass is 10.1. The van der Waals surface area contributed by atoms with Crippen LogP contribution in [0.25, 0.3) is 44.7 Å². The molecule has 4 saturated heterocycles. The molecular weight excluding hydrogens is 1220 g/mol. The van der Waals surface area contributed by atoms with Crippen LogP contribution in [0.2, 0.25) is 0 Å². The summed E-state index contributed by atoms with van der Waals surface area (Å²) in [5, 5.41) is 66.7. The minimum Gasteiger partial charge on any atom is -0.394 e. The van der Waals surface area contributed by atoms with Gasteiger partial charge in [0.15, 0.2) is 76.3 Å². The van der Waals surface area contributed by atoms with Crippen LogP contribution in [0, 0.1) is 6.92 Å². The number of imidazole rings is 4. The molecule has 8 aromatic heterocycles. The van der Waals surface area contributed by atoms with Gasteiger partial charge >= 0.3 is 23.5 Å². The summed E-state index contributed by atoms with van der Waals surface area (Å²) in [5.41, 5.74) is 24.3. The normalized spacial score (nSPS) is 31.8. The van der Waals surface area contributed by atoms with E-state index in [2.05, 4.69) is 59.8 Å². The Hall–Kier alpha value is -6.67. The summed E-state index contributed by atoms with van der Waals surface area (Å²) in [7, 11) is -16.4. The van der Waals surface area contributed by atoms with E-state index in [1.807, 2.05) is 0 Å². The number of anilines is 4. The van der Waals surface area contributed by atoms with E-state index in [9.17, 15) is 59.0 Å². The highest BCUT2D eigenvalue weighted by atomic mass is 31.2. The highest BCUT2D eigenvalue weighted by Gasteiger charge is 2.55. The minimum atomic E-state index is -5.58. The third-order valence-corrected chi connectivity index (χ3v) is 17.3. The van der Waals surface area contributed by atoms with Gasteiger partial charge in [-0.15, -0.1) is 0 Å². The molecule has 0 amide bonds. The molecule has 8 aromatic rings. The van der Waals surface area contributed by atoms with Crippen molar-refractivity contribution in [3.8, 4) is 0 Å². The second-order valence-corrected chi connectivity index (χ2v) is 23.8. The van der Waals surface area contributed by atoms with Crippen LogP contribution in [0.5, 0.6) is 0 Å². The Kier molecular flexibility index (Phi) is 15.8. The number of ether oxygens (including phenoxy) is 4. The maximum Gasteiger partial charge on any atom is 0.472 e. The van der Waals surface area contributed by atoms with Crippen molar-refractivity contribution in [2.24, 2.45) is 0 Å². The molecule has 42 nitrogen and oxygen atoms in total. The number of hydrogen-bond donors (Lipinski definition) is 13. The van der Waals surface area contributed by atoms with Crippen LogP contribution in [0.1, 0.15) is 30.7 Å². The number of phosphoric ester groups is 3. The molecule has 462 valence electrons. The lowest BCUT2D eigenvalue weighted by molar-refractivity contribution is -0.0657. The van der Waals surface area contributed by atoms with Crippen molar-refractivity contribution in [2.45, 2.75) is 105 Å². The Labute approximate surface area is 478 Å². The van der Waals surface area contributed by atoms with E-state index in [-0.39, 0.29) is 73.8 Å². The van der Waals surface area contributed by atoms with Crippen molar-refractivity contribution in [1.29, 1.82) is 0 Å². The molecule has 12 rings (SSSR count). The number of aliphatic hydroxyl groups is 6. The molecule has 3 unspecified atom stereocenters. The molecular formula is C41H51N20O22P3. The molecule has 12 heterocycles. The first-order valence-corrected chi connectivity index (χ1v) is 29.8. The highest BCUT2D eigenvalue weighted by Crippen LogP contribution is 2.54. The van der Waals surface area contributed by atoms with E-state index in [0.717, 1.165) is 47.1 Å². The predicted molar refractivity (Wildman–Crippen MR) is 278 cm³/mol. The molecule has 86 heavy (non-hydrogen) atoms. The first-order chi connectivity index (χ1) is 40.9. The zero-order valence-corrected chi connectivity index (χ0v) is 46.4. The molecule has 19 atom stereocenters. The lowest BCUT2D eigenvalue weighted by Gasteiger charge is -2.25. The summed E-state index contributed by atoms with van der Waals surface area (Å²) in [6.07, 6.45) is -20.0. The quantitative estimate of drug-likeness (QED) is 0.0322. The topological polar surface area (TPSA) is 604 Å². The predicted octanol–water partition coefficient (Wildman–Crippen LogP) is -4.12. The first kappa shape index (κ1) is 59.7. The molecule has 0 bridgehead atoms. The molecule has 45 heteroatoms. The van der Waals surface area contributed by atoms with Crippen molar-refractivity contribution in [3.05, 3.63) is 50.1 Å². The number of hydrogen-bond acceptors (Lipinski definition) is 35. The van der Waals surface area contributed by atoms with E-state index in [1.165, 1.54) is 15.5 Å². The van der Waals surface area contributed by atoms with Gasteiger partial charge in [-0.3, -0.25) is 45.4 Å². The monoisotopic (exact) mass is 1270 g/mol. The molecule has 4 aliphatic heterocycles. The van der Waals surface area contributed by atoms with Gasteiger partial charge in [0.1, 0.15) is 121 Å². The SMILES string of the molecule is Cc1nc2c(N)ncnc2n1[C@@H]1O[C@H](COP(=O)(O)O[C@@H]2[C@H](O)[C@@H](COP(=O)(O)O[C@@H]3[C@H](O)[C@@H](COP(=O)(O)O[C@H]4[C@H](O)[C@@H](CO)O[C@H]4n4cnc5c(N)ncnc54)O[C@H]3n3cnc4c(N)ncnc43)O[C@H]2n2cnc3c(N)ncnc32)[C@@H](O)[C@H]1O. The second kappa shape index (κ2) is 22.8. The van der Waals surface area contributed by atoms with Crippen molar-refractivity contribution in [3.63, 3.8) is 0 Å². The van der Waals surface area contributed by atoms with Gasteiger partial charge in [-0.1, -0.05) is 0 Å². The van der Waals surface area contributed by atoms with E-state index < -0.39 is 148 Å². The summed E-state index contributed by atoms with van der Waals surface area (Å²) in [6, 6.07) is 0. The largest absolute Gasteiger partial charge is 0.472 e. The Morgan fingerprint density at radius 1 is 0.453 bits per heavy atom. The zero-order chi connectivity index (χ0) is 60.9. The van der Waals surface area contributed by atoms with Crippen LogP contribution in [0.3, 0.4) is 0 Å². The average Bonchev–Trinajstić information content (AvgIpc) is 3.30. The first-order valence-electron chi connectivity index (χ1n) is 25.3. The van der Waals surface area contributed by atoms with Crippen LogP contribution >= 0.6 is 23.5 Å². The fourth-order valence-corrected chi connectivity index (χ4v) is 13.0.